The molecule has 0 bridgehead atoms. The second kappa shape index (κ2) is 11.7. The fourth-order valence-corrected chi connectivity index (χ4v) is 3.47. The second-order valence-corrected chi connectivity index (χ2v) is 7.02. The number of thiocarbonyl (C=S) groups is 1. The molecule has 0 radical (unpaired) electrons. The Balaban J connectivity index is 1.72. The minimum Gasteiger partial charge on any atom is -0.496 e. The largest absolute Gasteiger partial charge is 0.496 e. The second-order valence-electron chi connectivity index (χ2n) is 6.64. The van der Waals surface area contributed by atoms with Gasteiger partial charge in [-0.3, -0.25) is 9.80 Å². The zero-order valence-electron chi connectivity index (χ0n) is 16.4. The van der Waals surface area contributed by atoms with Crippen LogP contribution in [0, 0.1) is 0 Å². The number of nitrogens with zero attached hydrogens (tertiary/aromatic N) is 3. The molecule has 1 aromatic carbocycles. The molecule has 1 saturated heterocycles. The zero-order chi connectivity index (χ0) is 19.5. The van der Waals surface area contributed by atoms with Gasteiger partial charge in [0.15, 0.2) is 5.11 Å². The molecule has 0 spiro atoms. The van der Waals surface area contributed by atoms with E-state index in [1.807, 2.05) is 30.4 Å². The molecule has 0 amide bonds. The van der Waals surface area contributed by atoms with Crippen molar-refractivity contribution in [2.24, 2.45) is 0 Å². The molecular formula is C21H32N4OS. The van der Waals surface area contributed by atoms with Gasteiger partial charge in [-0.25, -0.2) is 0 Å². The van der Waals surface area contributed by atoms with Gasteiger partial charge < -0.3 is 15.0 Å². The molecule has 148 valence electrons. The van der Waals surface area contributed by atoms with Crippen molar-refractivity contribution in [2.75, 3.05) is 59.5 Å². The highest BCUT2D eigenvalue weighted by Crippen LogP contribution is 2.16. The molecule has 0 saturated carbocycles. The van der Waals surface area contributed by atoms with Gasteiger partial charge >= 0.3 is 0 Å². The average Bonchev–Trinajstić information content (AvgIpc) is 2.71. The lowest BCUT2D eigenvalue weighted by atomic mass is 10.2. The van der Waals surface area contributed by atoms with E-state index in [1.54, 1.807) is 7.11 Å². The number of rotatable bonds is 10. The fraction of sp³-hybridized carbons (Fsp3) is 0.476. The maximum absolute atomic E-state index is 5.59. The number of methoxy groups -OCH3 is 1. The topological polar surface area (TPSA) is 31.0 Å². The molecule has 0 atom stereocenters. The molecule has 1 aliphatic rings. The average molecular weight is 389 g/mol. The van der Waals surface area contributed by atoms with Gasteiger partial charge in [0.25, 0.3) is 0 Å². The molecule has 1 fully saturated rings. The molecule has 27 heavy (non-hydrogen) atoms. The van der Waals surface area contributed by atoms with Crippen molar-refractivity contribution >= 4 is 17.3 Å². The van der Waals surface area contributed by atoms with Crippen LogP contribution < -0.4 is 10.1 Å². The van der Waals surface area contributed by atoms with Gasteiger partial charge in [0.1, 0.15) is 5.75 Å². The normalized spacial score (nSPS) is 14.8. The molecule has 1 heterocycles. The van der Waals surface area contributed by atoms with Crippen LogP contribution in [-0.4, -0.2) is 79.3 Å². The highest BCUT2D eigenvalue weighted by Gasteiger charge is 2.19. The molecule has 0 aliphatic carbocycles. The number of ether oxygens (including phenoxy) is 1. The van der Waals surface area contributed by atoms with Crippen LogP contribution in [0.25, 0.3) is 0 Å². The van der Waals surface area contributed by atoms with E-state index in [0.29, 0.717) is 6.54 Å². The third-order valence-corrected chi connectivity index (χ3v) is 5.19. The Morgan fingerprint density at radius 1 is 1.19 bits per heavy atom. The van der Waals surface area contributed by atoms with Gasteiger partial charge in [0, 0.05) is 64.5 Å². The third-order valence-electron chi connectivity index (χ3n) is 4.79. The summed E-state index contributed by atoms with van der Waals surface area (Å²) in [5.41, 5.74) is 1.12. The first-order valence-corrected chi connectivity index (χ1v) is 9.90. The number of nitrogens with one attached hydrogen (secondary N) is 1. The zero-order valence-corrected chi connectivity index (χ0v) is 17.2. The summed E-state index contributed by atoms with van der Waals surface area (Å²) in [7, 11) is 1.70. The Kier molecular flexibility index (Phi) is 9.31. The number of piperazine rings is 1. The lowest BCUT2D eigenvalue weighted by Gasteiger charge is -2.37. The molecule has 2 rings (SSSR count). The van der Waals surface area contributed by atoms with Gasteiger partial charge in [-0.1, -0.05) is 30.4 Å². The van der Waals surface area contributed by atoms with E-state index in [4.69, 9.17) is 17.0 Å². The molecule has 5 nitrogen and oxygen atoms in total. The molecule has 0 aromatic heterocycles. The minimum atomic E-state index is 0.682. The van der Waals surface area contributed by atoms with E-state index >= 15 is 0 Å². The van der Waals surface area contributed by atoms with Crippen LogP contribution in [0.15, 0.2) is 49.6 Å². The van der Waals surface area contributed by atoms with Crippen molar-refractivity contribution in [1.82, 2.24) is 20.0 Å². The first-order chi connectivity index (χ1) is 13.2. The van der Waals surface area contributed by atoms with E-state index in [2.05, 4.69) is 39.2 Å². The Morgan fingerprint density at radius 3 is 2.48 bits per heavy atom. The highest BCUT2D eigenvalue weighted by molar-refractivity contribution is 7.80. The van der Waals surface area contributed by atoms with Gasteiger partial charge in [-0.2, -0.15) is 0 Å². The van der Waals surface area contributed by atoms with Crippen LogP contribution in [0.2, 0.25) is 0 Å². The lowest BCUT2D eigenvalue weighted by Crippen LogP contribution is -2.52. The summed E-state index contributed by atoms with van der Waals surface area (Å²) in [5, 5.41) is 4.19. The summed E-state index contributed by atoms with van der Waals surface area (Å²) >= 11 is 5.59. The summed E-state index contributed by atoms with van der Waals surface area (Å²) in [6.07, 6.45) is 3.90. The van der Waals surface area contributed by atoms with Gasteiger partial charge in [-0.05, 0) is 18.3 Å². The van der Waals surface area contributed by atoms with Crippen LogP contribution in [0.4, 0.5) is 0 Å². The Bertz CT molecular complexity index is 604. The number of hydrogen-bond donors (Lipinski definition) is 1. The maximum Gasteiger partial charge on any atom is 0.169 e. The first-order valence-electron chi connectivity index (χ1n) is 9.49. The molecule has 1 N–H and O–H groups in total. The Labute approximate surface area is 169 Å². The monoisotopic (exact) mass is 388 g/mol. The van der Waals surface area contributed by atoms with Crippen molar-refractivity contribution in [3.63, 3.8) is 0 Å². The van der Waals surface area contributed by atoms with Crippen LogP contribution in [0.1, 0.15) is 5.56 Å². The van der Waals surface area contributed by atoms with E-state index in [-0.39, 0.29) is 0 Å². The van der Waals surface area contributed by atoms with Crippen LogP contribution >= 0.6 is 12.2 Å². The first kappa shape index (κ1) is 21.4. The summed E-state index contributed by atoms with van der Waals surface area (Å²) in [5.74, 6) is 0.890. The third kappa shape index (κ3) is 6.97. The molecule has 0 unspecified atom stereocenters. The van der Waals surface area contributed by atoms with Crippen molar-refractivity contribution in [1.29, 1.82) is 0 Å². The smallest absolute Gasteiger partial charge is 0.169 e. The molecule has 1 aromatic rings. The van der Waals surface area contributed by atoms with Crippen molar-refractivity contribution < 1.29 is 4.74 Å². The maximum atomic E-state index is 5.59. The highest BCUT2D eigenvalue weighted by atomic mass is 32.1. The van der Waals surface area contributed by atoms with Gasteiger partial charge in [0.05, 0.1) is 7.11 Å². The predicted molar refractivity (Wildman–Crippen MR) is 117 cm³/mol. The van der Waals surface area contributed by atoms with Crippen molar-refractivity contribution in [3.05, 3.63) is 55.1 Å². The Hall–Kier alpha value is -1.89. The quantitative estimate of drug-likeness (QED) is 0.489. The SMILES string of the molecule is C=CCN(CC=C)CCN1CCN(C(=S)NCc2ccccc2OC)CC1. The number of benzene rings is 1. The fourth-order valence-electron chi connectivity index (χ4n) is 3.21. The molecular weight excluding hydrogens is 356 g/mol. The van der Waals surface area contributed by atoms with Gasteiger partial charge in [-0.15, -0.1) is 13.2 Å². The number of hydrogen-bond acceptors (Lipinski definition) is 4. The van der Waals surface area contributed by atoms with Crippen LogP contribution in [-0.2, 0) is 6.54 Å². The summed E-state index contributed by atoms with van der Waals surface area (Å²) in [4.78, 5) is 7.11. The number of para-hydroxylation sites is 1. The van der Waals surface area contributed by atoms with Crippen LogP contribution in [0.5, 0.6) is 5.75 Å². The van der Waals surface area contributed by atoms with E-state index in [9.17, 15) is 0 Å². The minimum absolute atomic E-state index is 0.682. The predicted octanol–water partition coefficient (Wildman–Crippen LogP) is 2.36. The molecule has 6 heteroatoms. The van der Waals surface area contributed by atoms with Crippen LogP contribution in [0.3, 0.4) is 0 Å². The standard InChI is InChI=1S/C21H32N4OS/c1-4-10-23(11-5-2)12-13-24-14-16-25(17-15-24)21(27)22-18-19-8-6-7-9-20(19)26-3/h4-9H,1-2,10-18H2,3H3,(H,22,27). The summed E-state index contributed by atoms with van der Waals surface area (Å²) in [6, 6.07) is 8.03. The summed E-state index contributed by atoms with van der Waals surface area (Å²) in [6.45, 7) is 16.2. The van der Waals surface area contributed by atoms with E-state index in [0.717, 1.165) is 68.8 Å². The van der Waals surface area contributed by atoms with E-state index < -0.39 is 0 Å². The van der Waals surface area contributed by atoms with Crippen molar-refractivity contribution in [2.45, 2.75) is 6.54 Å². The Morgan fingerprint density at radius 2 is 1.85 bits per heavy atom. The van der Waals surface area contributed by atoms with E-state index in [1.165, 1.54) is 0 Å². The van der Waals surface area contributed by atoms with Gasteiger partial charge in [0.2, 0.25) is 0 Å². The molecule has 1 aliphatic heterocycles. The lowest BCUT2D eigenvalue weighted by molar-refractivity contribution is 0.162. The van der Waals surface area contributed by atoms with Crippen molar-refractivity contribution in [3.8, 4) is 5.75 Å². The summed E-state index contributed by atoms with van der Waals surface area (Å²) < 4.78 is 5.40.